The molecule has 0 radical (unpaired) electrons. The van der Waals surface area contributed by atoms with E-state index in [1.165, 1.54) is 31.8 Å². The topological polar surface area (TPSA) is 24.5 Å². The molecule has 84 valence electrons. The maximum absolute atomic E-state index is 5.02. The first kappa shape index (κ1) is 12.3. The molecule has 1 aliphatic rings. The molecule has 0 atom stereocenters. The van der Waals surface area contributed by atoms with Gasteiger partial charge in [0.05, 0.1) is 6.61 Å². The summed E-state index contributed by atoms with van der Waals surface area (Å²) in [5.74, 6) is 1.19. The van der Waals surface area contributed by atoms with Crippen LogP contribution in [0.3, 0.4) is 0 Å². The van der Waals surface area contributed by atoms with E-state index in [-0.39, 0.29) is 0 Å². The molecule has 1 rings (SSSR count). The number of piperidine rings is 1. The highest BCUT2D eigenvalue weighted by molar-refractivity contribution is 7.98. The van der Waals surface area contributed by atoms with Crippen molar-refractivity contribution in [1.29, 1.82) is 0 Å². The minimum Gasteiger partial charge on any atom is -0.383 e. The van der Waals surface area contributed by atoms with Gasteiger partial charge in [0.1, 0.15) is 0 Å². The number of thioether (sulfide) groups is 1. The summed E-state index contributed by atoms with van der Waals surface area (Å²) < 4.78 is 5.02. The second-order valence-electron chi connectivity index (χ2n) is 3.76. The van der Waals surface area contributed by atoms with Gasteiger partial charge in [-0.05, 0) is 19.1 Å². The molecule has 4 heteroatoms. The first-order chi connectivity index (χ1) is 6.86. The molecule has 0 amide bonds. The van der Waals surface area contributed by atoms with Gasteiger partial charge in [-0.1, -0.05) is 0 Å². The molecule has 1 aliphatic heterocycles. The minimum atomic E-state index is 0.711. The van der Waals surface area contributed by atoms with E-state index in [0.29, 0.717) is 6.04 Å². The zero-order valence-electron chi connectivity index (χ0n) is 9.29. The molecule has 0 spiro atoms. The third-order valence-electron chi connectivity index (χ3n) is 2.64. The summed E-state index contributed by atoms with van der Waals surface area (Å²) in [5, 5.41) is 3.53. The molecule has 1 fully saturated rings. The van der Waals surface area contributed by atoms with Gasteiger partial charge in [0.25, 0.3) is 0 Å². The number of methoxy groups -OCH3 is 1. The van der Waals surface area contributed by atoms with E-state index < -0.39 is 0 Å². The lowest BCUT2D eigenvalue weighted by Gasteiger charge is -2.31. The highest BCUT2D eigenvalue weighted by Gasteiger charge is 2.17. The molecule has 0 unspecified atom stereocenters. The number of nitrogens with zero attached hydrogens (tertiary/aromatic N) is 1. The average molecular weight is 218 g/mol. The van der Waals surface area contributed by atoms with E-state index in [9.17, 15) is 0 Å². The third kappa shape index (κ3) is 4.64. The van der Waals surface area contributed by atoms with Gasteiger partial charge in [-0.2, -0.15) is 0 Å². The molecule has 0 aliphatic carbocycles. The molecule has 0 bridgehead atoms. The van der Waals surface area contributed by atoms with Gasteiger partial charge in [-0.15, -0.1) is 11.8 Å². The van der Waals surface area contributed by atoms with E-state index in [1.54, 1.807) is 7.11 Å². The van der Waals surface area contributed by atoms with Crippen LogP contribution in [0.5, 0.6) is 0 Å². The second-order valence-corrected chi connectivity index (χ2v) is 4.59. The van der Waals surface area contributed by atoms with Gasteiger partial charge < -0.3 is 10.1 Å². The van der Waals surface area contributed by atoms with Gasteiger partial charge >= 0.3 is 0 Å². The maximum atomic E-state index is 5.02. The number of hydrogen-bond acceptors (Lipinski definition) is 4. The molecule has 1 N–H and O–H groups in total. The van der Waals surface area contributed by atoms with E-state index in [4.69, 9.17) is 4.74 Å². The Labute approximate surface area is 91.6 Å². The number of nitrogens with one attached hydrogen (secondary N) is 1. The van der Waals surface area contributed by atoms with Crippen molar-refractivity contribution in [2.75, 3.05) is 45.5 Å². The van der Waals surface area contributed by atoms with Gasteiger partial charge in [-0.3, -0.25) is 4.90 Å². The highest BCUT2D eigenvalue weighted by atomic mass is 32.2. The molecule has 14 heavy (non-hydrogen) atoms. The summed E-state index contributed by atoms with van der Waals surface area (Å²) in [4.78, 5) is 2.53. The van der Waals surface area contributed by atoms with E-state index in [1.807, 2.05) is 11.8 Å². The van der Waals surface area contributed by atoms with Gasteiger partial charge in [0, 0.05) is 38.7 Å². The van der Waals surface area contributed by atoms with Crippen LogP contribution < -0.4 is 5.32 Å². The fourth-order valence-electron chi connectivity index (χ4n) is 1.81. The van der Waals surface area contributed by atoms with Crippen LogP contribution in [0.15, 0.2) is 0 Å². The molecule has 0 aromatic carbocycles. The first-order valence-corrected chi connectivity index (χ1v) is 6.70. The average Bonchev–Trinajstić information content (AvgIpc) is 2.21. The van der Waals surface area contributed by atoms with E-state index in [2.05, 4.69) is 16.5 Å². The van der Waals surface area contributed by atoms with Crippen molar-refractivity contribution in [3.8, 4) is 0 Å². The number of hydrogen-bond donors (Lipinski definition) is 1. The van der Waals surface area contributed by atoms with Gasteiger partial charge in [0.2, 0.25) is 0 Å². The summed E-state index contributed by atoms with van der Waals surface area (Å²) in [7, 11) is 1.75. The van der Waals surface area contributed by atoms with Crippen molar-refractivity contribution in [1.82, 2.24) is 10.2 Å². The molecule has 1 saturated heterocycles. The van der Waals surface area contributed by atoms with Crippen LogP contribution in [0.4, 0.5) is 0 Å². The molecule has 0 saturated carbocycles. The second kappa shape index (κ2) is 7.51. The molecule has 0 aromatic heterocycles. The van der Waals surface area contributed by atoms with Crippen molar-refractivity contribution in [2.24, 2.45) is 0 Å². The highest BCUT2D eigenvalue weighted by Crippen LogP contribution is 2.12. The lowest BCUT2D eigenvalue weighted by atomic mass is 10.1. The summed E-state index contributed by atoms with van der Waals surface area (Å²) >= 11 is 1.92. The lowest BCUT2D eigenvalue weighted by Crippen LogP contribution is -2.43. The third-order valence-corrected chi connectivity index (χ3v) is 3.26. The quantitative estimate of drug-likeness (QED) is 0.673. The Morgan fingerprint density at radius 3 is 2.71 bits per heavy atom. The number of rotatable bonds is 6. The molecule has 1 heterocycles. The smallest absolute Gasteiger partial charge is 0.0587 e. The Hall–Kier alpha value is 0.230. The van der Waals surface area contributed by atoms with Crippen LogP contribution in [0.25, 0.3) is 0 Å². The van der Waals surface area contributed by atoms with Crippen molar-refractivity contribution in [3.05, 3.63) is 0 Å². The van der Waals surface area contributed by atoms with Crippen LogP contribution in [0.2, 0.25) is 0 Å². The van der Waals surface area contributed by atoms with Crippen molar-refractivity contribution >= 4 is 11.8 Å². The van der Waals surface area contributed by atoms with Crippen LogP contribution >= 0.6 is 11.8 Å². The number of likely N-dealkylation sites (tertiary alicyclic amines) is 1. The van der Waals surface area contributed by atoms with Crippen LogP contribution in [0.1, 0.15) is 12.8 Å². The largest absolute Gasteiger partial charge is 0.383 e. The van der Waals surface area contributed by atoms with E-state index in [0.717, 1.165) is 13.2 Å². The predicted molar refractivity (Wildman–Crippen MR) is 62.9 cm³/mol. The van der Waals surface area contributed by atoms with Crippen molar-refractivity contribution in [3.63, 3.8) is 0 Å². The summed E-state index contributed by atoms with van der Waals surface area (Å²) in [5.41, 5.74) is 0. The van der Waals surface area contributed by atoms with Crippen molar-refractivity contribution < 1.29 is 4.74 Å². The molecule has 0 aromatic rings. The summed E-state index contributed by atoms with van der Waals surface area (Å²) in [6.07, 6.45) is 4.73. The minimum absolute atomic E-state index is 0.711. The Kier molecular flexibility index (Phi) is 6.60. The Bertz CT molecular complexity index is 138. The summed E-state index contributed by atoms with van der Waals surface area (Å²) in [6.45, 7) is 4.30. The monoisotopic (exact) mass is 218 g/mol. The molecule has 3 nitrogen and oxygen atoms in total. The fourth-order valence-corrected chi connectivity index (χ4v) is 2.44. The van der Waals surface area contributed by atoms with Gasteiger partial charge in [-0.25, -0.2) is 0 Å². The van der Waals surface area contributed by atoms with Crippen molar-refractivity contribution in [2.45, 2.75) is 18.9 Å². The first-order valence-electron chi connectivity index (χ1n) is 5.30. The Morgan fingerprint density at radius 2 is 2.14 bits per heavy atom. The van der Waals surface area contributed by atoms with Crippen LogP contribution in [-0.2, 0) is 4.74 Å². The van der Waals surface area contributed by atoms with Gasteiger partial charge in [0.15, 0.2) is 0 Å². The maximum Gasteiger partial charge on any atom is 0.0587 e. The van der Waals surface area contributed by atoms with Crippen LogP contribution in [-0.4, -0.2) is 56.4 Å². The Balaban J connectivity index is 2.03. The summed E-state index contributed by atoms with van der Waals surface area (Å²) in [6, 6.07) is 0.711. The predicted octanol–water partition coefficient (Wildman–Crippen LogP) is 1.01. The molecular weight excluding hydrogens is 196 g/mol. The zero-order valence-corrected chi connectivity index (χ0v) is 10.1. The standard InChI is InChI=1S/C10H22N2OS/c1-13-8-5-11-10-3-6-12(7-4-10)9-14-2/h10-11H,3-9H2,1-2H3. The fraction of sp³-hybridized carbons (Fsp3) is 1.00. The SMILES string of the molecule is COCCNC1CCN(CSC)CC1. The normalized spacial score (nSPS) is 20.1. The van der Waals surface area contributed by atoms with E-state index >= 15 is 0 Å². The van der Waals surface area contributed by atoms with Crippen LogP contribution in [0, 0.1) is 0 Å². The zero-order chi connectivity index (χ0) is 10.2. The lowest BCUT2D eigenvalue weighted by molar-refractivity contribution is 0.181. The molecular formula is C10H22N2OS. The Morgan fingerprint density at radius 1 is 1.43 bits per heavy atom. The number of ether oxygens (including phenoxy) is 1.